The van der Waals surface area contributed by atoms with Crippen LogP contribution in [-0.4, -0.2) is 24.0 Å². The highest BCUT2D eigenvalue weighted by Crippen LogP contribution is 2.20. The van der Waals surface area contributed by atoms with E-state index in [1.54, 1.807) is 0 Å². The summed E-state index contributed by atoms with van der Waals surface area (Å²) >= 11 is 1.91. The summed E-state index contributed by atoms with van der Waals surface area (Å²) in [6.07, 6.45) is 4.43. The third-order valence-corrected chi connectivity index (χ3v) is 3.85. The van der Waals surface area contributed by atoms with E-state index < -0.39 is 0 Å². The van der Waals surface area contributed by atoms with Crippen molar-refractivity contribution in [3.63, 3.8) is 0 Å². The monoisotopic (exact) mass is 267 g/mol. The quantitative estimate of drug-likeness (QED) is 0.503. The van der Waals surface area contributed by atoms with Crippen molar-refractivity contribution in [2.45, 2.75) is 44.0 Å². The Hall–Kier alpha value is -0.510. The van der Waals surface area contributed by atoms with Gasteiger partial charge >= 0.3 is 0 Å². The fourth-order valence-corrected chi connectivity index (χ4v) is 2.61. The minimum absolute atomic E-state index is 0.324. The van der Waals surface area contributed by atoms with Gasteiger partial charge in [-0.15, -0.1) is 11.8 Å². The van der Waals surface area contributed by atoms with Gasteiger partial charge < -0.3 is 10.4 Å². The van der Waals surface area contributed by atoms with Crippen LogP contribution in [0.1, 0.15) is 38.2 Å². The molecule has 102 valence electrons. The number of hydrogen-bond acceptors (Lipinski definition) is 3. The molecule has 0 saturated carbocycles. The molecule has 0 radical (unpaired) electrons. The Labute approximate surface area is 115 Å². The molecule has 18 heavy (non-hydrogen) atoms. The van der Waals surface area contributed by atoms with E-state index in [2.05, 4.69) is 36.5 Å². The SMILES string of the molecule is CCCNCc1ccc(SCCCCCO)cc1. The summed E-state index contributed by atoms with van der Waals surface area (Å²) < 4.78 is 0. The number of thioether (sulfide) groups is 1. The molecule has 0 bridgehead atoms. The van der Waals surface area contributed by atoms with Crippen LogP contribution in [0.25, 0.3) is 0 Å². The van der Waals surface area contributed by atoms with E-state index in [1.807, 2.05) is 11.8 Å². The Bertz CT molecular complexity index is 300. The van der Waals surface area contributed by atoms with Crippen LogP contribution in [-0.2, 0) is 6.54 Å². The summed E-state index contributed by atoms with van der Waals surface area (Å²) in [4.78, 5) is 1.35. The Balaban J connectivity index is 2.19. The van der Waals surface area contributed by atoms with Crippen molar-refractivity contribution in [1.82, 2.24) is 5.32 Å². The molecule has 0 aliphatic carbocycles. The van der Waals surface area contributed by atoms with Gasteiger partial charge in [-0.2, -0.15) is 0 Å². The van der Waals surface area contributed by atoms with Crippen molar-refractivity contribution in [2.24, 2.45) is 0 Å². The molecule has 2 N–H and O–H groups in total. The number of benzene rings is 1. The van der Waals surface area contributed by atoms with Crippen LogP contribution >= 0.6 is 11.8 Å². The minimum atomic E-state index is 0.324. The second-order valence-electron chi connectivity index (χ2n) is 4.45. The second kappa shape index (κ2) is 10.4. The minimum Gasteiger partial charge on any atom is -0.396 e. The fourth-order valence-electron chi connectivity index (χ4n) is 1.69. The van der Waals surface area contributed by atoms with Crippen molar-refractivity contribution >= 4 is 11.8 Å². The van der Waals surface area contributed by atoms with Crippen LogP contribution in [0, 0.1) is 0 Å². The smallest absolute Gasteiger partial charge is 0.0431 e. The maximum absolute atomic E-state index is 8.69. The van der Waals surface area contributed by atoms with Crippen LogP contribution in [0.5, 0.6) is 0 Å². The second-order valence-corrected chi connectivity index (χ2v) is 5.62. The summed E-state index contributed by atoms with van der Waals surface area (Å²) in [6.45, 7) is 4.56. The van der Waals surface area contributed by atoms with E-state index in [1.165, 1.54) is 23.3 Å². The third kappa shape index (κ3) is 7.04. The molecule has 1 rings (SSSR count). The topological polar surface area (TPSA) is 32.3 Å². The predicted octanol–water partition coefficient (Wildman–Crippen LogP) is 3.44. The summed E-state index contributed by atoms with van der Waals surface area (Å²) in [5.74, 6) is 1.15. The van der Waals surface area contributed by atoms with Gasteiger partial charge in [0.2, 0.25) is 0 Å². The molecule has 0 aliphatic heterocycles. The van der Waals surface area contributed by atoms with Gasteiger partial charge in [-0.25, -0.2) is 0 Å². The standard InChI is InChI=1S/C15H25NOS/c1-2-10-16-13-14-6-8-15(9-7-14)18-12-5-3-4-11-17/h6-9,16-17H,2-5,10-13H2,1H3. The van der Waals surface area contributed by atoms with Gasteiger partial charge in [0.1, 0.15) is 0 Å². The molecule has 0 unspecified atom stereocenters. The maximum Gasteiger partial charge on any atom is 0.0431 e. The lowest BCUT2D eigenvalue weighted by atomic mass is 10.2. The van der Waals surface area contributed by atoms with Crippen molar-refractivity contribution in [2.75, 3.05) is 18.9 Å². The molecule has 0 atom stereocenters. The van der Waals surface area contributed by atoms with E-state index in [0.29, 0.717) is 6.61 Å². The molecule has 3 heteroatoms. The van der Waals surface area contributed by atoms with Gasteiger partial charge in [0, 0.05) is 18.0 Å². The van der Waals surface area contributed by atoms with E-state index >= 15 is 0 Å². The number of aliphatic hydroxyl groups is 1. The first-order valence-corrected chi connectivity index (χ1v) is 7.88. The molecule has 0 saturated heterocycles. The van der Waals surface area contributed by atoms with Crippen molar-refractivity contribution in [3.8, 4) is 0 Å². The first kappa shape index (κ1) is 15.5. The lowest BCUT2D eigenvalue weighted by Gasteiger charge is -2.05. The molecular weight excluding hydrogens is 242 g/mol. The summed E-state index contributed by atoms with van der Waals surface area (Å²) in [5.41, 5.74) is 1.35. The van der Waals surface area contributed by atoms with Crippen LogP contribution in [0.15, 0.2) is 29.2 Å². The van der Waals surface area contributed by atoms with Gasteiger partial charge in [-0.3, -0.25) is 0 Å². The summed E-state index contributed by atoms with van der Waals surface area (Å²) in [7, 11) is 0. The summed E-state index contributed by atoms with van der Waals surface area (Å²) in [5, 5.41) is 12.1. The third-order valence-electron chi connectivity index (χ3n) is 2.75. The van der Waals surface area contributed by atoms with E-state index in [0.717, 1.165) is 31.7 Å². The molecular formula is C15H25NOS. The normalized spacial score (nSPS) is 10.8. The van der Waals surface area contributed by atoms with Crippen molar-refractivity contribution in [1.29, 1.82) is 0 Å². The first-order valence-electron chi connectivity index (χ1n) is 6.90. The van der Waals surface area contributed by atoms with Crippen molar-refractivity contribution in [3.05, 3.63) is 29.8 Å². The zero-order valence-electron chi connectivity index (χ0n) is 11.3. The van der Waals surface area contributed by atoms with Gasteiger partial charge in [0.25, 0.3) is 0 Å². The van der Waals surface area contributed by atoms with E-state index in [-0.39, 0.29) is 0 Å². The molecule has 1 aromatic rings. The molecule has 0 aromatic heterocycles. The number of nitrogens with one attached hydrogen (secondary N) is 1. The van der Waals surface area contributed by atoms with Gasteiger partial charge in [0.05, 0.1) is 0 Å². The Morgan fingerprint density at radius 1 is 1.11 bits per heavy atom. The lowest BCUT2D eigenvalue weighted by Crippen LogP contribution is -2.13. The number of hydrogen-bond donors (Lipinski definition) is 2. The number of aliphatic hydroxyl groups excluding tert-OH is 1. The molecule has 0 amide bonds. The fraction of sp³-hybridized carbons (Fsp3) is 0.600. The molecule has 0 fully saturated rings. The Morgan fingerprint density at radius 3 is 2.56 bits per heavy atom. The van der Waals surface area contributed by atoms with Gasteiger partial charge in [-0.05, 0) is 49.3 Å². The lowest BCUT2D eigenvalue weighted by molar-refractivity contribution is 0.284. The number of unbranched alkanes of at least 4 members (excludes halogenated alkanes) is 2. The summed E-state index contributed by atoms with van der Waals surface area (Å²) in [6, 6.07) is 8.83. The van der Waals surface area contributed by atoms with Gasteiger partial charge in [-0.1, -0.05) is 25.5 Å². The molecule has 0 heterocycles. The Kier molecular flexibility index (Phi) is 9.00. The zero-order valence-corrected chi connectivity index (χ0v) is 12.1. The zero-order chi connectivity index (χ0) is 13.1. The maximum atomic E-state index is 8.69. The van der Waals surface area contributed by atoms with Crippen LogP contribution in [0.2, 0.25) is 0 Å². The molecule has 0 aliphatic rings. The van der Waals surface area contributed by atoms with Crippen LogP contribution < -0.4 is 5.32 Å². The van der Waals surface area contributed by atoms with Crippen LogP contribution in [0.4, 0.5) is 0 Å². The highest BCUT2D eigenvalue weighted by molar-refractivity contribution is 7.99. The van der Waals surface area contributed by atoms with Gasteiger partial charge in [0.15, 0.2) is 0 Å². The highest BCUT2D eigenvalue weighted by Gasteiger charge is 1.96. The molecule has 0 spiro atoms. The van der Waals surface area contributed by atoms with Crippen molar-refractivity contribution < 1.29 is 5.11 Å². The Morgan fingerprint density at radius 2 is 1.89 bits per heavy atom. The molecule has 2 nitrogen and oxygen atoms in total. The average Bonchev–Trinajstić information content (AvgIpc) is 2.40. The number of rotatable bonds is 10. The average molecular weight is 267 g/mol. The largest absolute Gasteiger partial charge is 0.396 e. The predicted molar refractivity (Wildman–Crippen MR) is 80.1 cm³/mol. The molecule has 1 aromatic carbocycles. The highest BCUT2D eigenvalue weighted by atomic mass is 32.2. The first-order chi connectivity index (χ1) is 8.86. The van der Waals surface area contributed by atoms with Crippen LogP contribution in [0.3, 0.4) is 0 Å². The van der Waals surface area contributed by atoms with E-state index in [9.17, 15) is 0 Å². The van der Waals surface area contributed by atoms with E-state index in [4.69, 9.17) is 5.11 Å².